The first kappa shape index (κ1) is 14.8. The number of rotatable bonds is 5. The molecule has 108 valence electrons. The highest BCUT2D eigenvalue weighted by atomic mass is 35.5. The van der Waals surface area contributed by atoms with Crippen molar-refractivity contribution in [3.8, 4) is 17.0 Å². The first-order valence-corrected chi connectivity index (χ1v) is 6.53. The van der Waals surface area contributed by atoms with Gasteiger partial charge in [-0.1, -0.05) is 11.6 Å². The van der Waals surface area contributed by atoms with Crippen molar-refractivity contribution in [2.75, 3.05) is 20.3 Å². The Balaban J connectivity index is 2.44. The Hall–Kier alpha value is -1.59. The molecule has 0 radical (unpaired) electrons. The number of halogens is 2. The van der Waals surface area contributed by atoms with Crippen LogP contribution in [0.15, 0.2) is 18.2 Å². The van der Waals surface area contributed by atoms with Crippen LogP contribution < -0.4 is 4.74 Å². The highest BCUT2D eigenvalue weighted by Crippen LogP contribution is 2.37. The second kappa shape index (κ2) is 6.24. The van der Waals surface area contributed by atoms with Gasteiger partial charge in [0, 0.05) is 19.7 Å². The summed E-state index contributed by atoms with van der Waals surface area (Å²) in [6.07, 6.45) is 0. The van der Waals surface area contributed by atoms with E-state index in [2.05, 4.69) is 5.10 Å². The molecule has 0 bridgehead atoms. The van der Waals surface area contributed by atoms with Gasteiger partial charge < -0.3 is 9.47 Å². The standard InChI is InChI=1S/C14H16ClFN2O2/c1-9-13(11-5-4-10(16)8-12(11)15)14(18(2)17-9)20-7-6-19-3/h4-5,8H,6-7H2,1-3H3. The van der Waals surface area contributed by atoms with E-state index in [1.54, 1.807) is 24.9 Å². The fourth-order valence-corrected chi connectivity index (χ4v) is 2.29. The Morgan fingerprint density at radius 1 is 1.35 bits per heavy atom. The average Bonchev–Trinajstić information content (AvgIpc) is 2.65. The summed E-state index contributed by atoms with van der Waals surface area (Å²) in [4.78, 5) is 0. The first-order chi connectivity index (χ1) is 9.54. The van der Waals surface area contributed by atoms with E-state index in [-0.39, 0.29) is 5.82 Å². The normalized spacial score (nSPS) is 10.8. The van der Waals surface area contributed by atoms with Crippen molar-refractivity contribution in [1.29, 1.82) is 0 Å². The molecule has 0 atom stereocenters. The molecule has 20 heavy (non-hydrogen) atoms. The van der Waals surface area contributed by atoms with E-state index in [0.29, 0.717) is 29.7 Å². The molecule has 0 saturated heterocycles. The molecule has 0 N–H and O–H groups in total. The van der Waals surface area contributed by atoms with Crippen LogP contribution in [0.3, 0.4) is 0 Å². The lowest BCUT2D eigenvalue weighted by Gasteiger charge is -2.10. The zero-order valence-corrected chi connectivity index (χ0v) is 12.4. The van der Waals surface area contributed by atoms with Crippen LogP contribution in [0.25, 0.3) is 11.1 Å². The number of nitrogens with zero attached hydrogens (tertiary/aromatic N) is 2. The van der Waals surface area contributed by atoms with Crippen molar-refractivity contribution in [2.45, 2.75) is 6.92 Å². The number of aryl methyl sites for hydroxylation is 2. The van der Waals surface area contributed by atoms with Crippen LogP contribution in [0.4, 0.5) is 4.39 Å². The maximum Gasteiger partial charge on any atom is 0.220 e. The summed E-state index contributed by atoms with van der Waals surface area (Å²) < 4.78 is 25.5. The molecule has 0 aliphatic heterocycles. The molecule has 6 heteroatoms. The summed E-state index contributed by atoms with van der Waals surface area (Å²) in [7, 11) is 3.39. The zero-order chi connectivity index (χ0) is 14.7. The van der Waals surface area contributed by atoms with E-state index in [1.165, 1.54) is 12.1 Å². The summed E-state index contributed by atoms with van der Waals surface area (Å²) in [6, 6.07) is 4.28. The zero-order valence-electron chi connectivity index (χ0n) is 11.6. The van der Waals surface area contributed by atoms with Crippen LogP contribution >= 0.6 is 11.6 Å². The highest BCUT2D eigenvalue weighted by Gasteiger charge is 2.19. The van der Waals surface area contributed by atoms with Crippen LogP contribution in [-0.2, 0) is 11.8 Å². The second-order valence-electron chi connectivity index (χ2n) is 4.35. The molecule has 0 spiro atoms. The third-order valence-electron chi connectivity index (χ3n) is 2.90. The summed E-state index contributed by atoms with van der Waals surface area (Å²) >= 11 is 6.12. The van der Waals surface area contributed by atoms with Gasteiger partial charge in [0.25, 0.3) is 0 Å². The van der Waals surface area contributed by atoms with Crippen molar-refractivity contribution in [3.05, 3.63) is 34.7 Å². The molecule has 2 aromatic rings. The van der Waals surface area contributed by atoms with Crippen molar-refractivity contribution in [1.82, 2.24) is 9.78 Å². The number of hydrogen-bond donors (Lipinski definition) is 0. The predicted octanol–water partition coefficient (Wildman–Crippen LogP) is 3.21. The molecule has 0 saturated carbocycles. The lowest BCUT2D eigenvalue weighted by atomic mass is 10.1. The number of aromatic nitrogens is 2. The number of methoxy groups -OCH3 is 1. The van der Waals surface area contributed by atoms with Gasteiger partial charge in [-0.2, -0.15) is 5.10 Å². The van der Waals surface area contributed by atoms with Gasteiger partial charge in [-0.25, -0.2) is 9.07 Å². The molecule has 1 aromatic carbocycles. The minimum absolute atomic E-state index is 0.331. The topological polar surface area (TPSA) is 36.3 Å². The van der Waals surface area contributed by atoms with Crippen LogP contribution in [0.2, 0.25) is 5.02 Å². The molecule has 0 unspecified atom stereocenters. The third kappa shape index (κ3) is 2.94. The van der Waals surface area contributed by atoms with E-state index >= 15 is 0 Å². The predicted molar refractivity (Wildman–Crippen MR) is 75.7 cm³/mol. The van der Waals surface area contributed by atoms with Gasteiger partial charge in [0.1, 0.15) is 12.4 Å². The lowest BCUT2D eigenvalue weighted by molar-refractivity contribution is 0.141. The fraction of sp³-hybridized carbons (Fsp3) is 0.357. The Bertz CT molecular complexity index is 613. The molecular formula is C14H16ClFN2O2. The van der Waals surface area contributed by atoms with Crippen molar-refractivity contribution < 1.29 is 13.9 Å². The highest BCUT2D eigenvalue weighted by molar-refractivity contribution is 6.33. The van der Waals surface area contributed by atoms with Gasteiger partial charge in [-0.15, -0.1) is 0 Å². The van der Waals surface area contributed by atoms with Crippen LogP contribution in [0.1, 0.15) is 5.69 Å². The van der Waals surface area contributed by atoms with Crippen LogP contribution in [-0.4, -0.2) is 30.1 Å². The van der Waals surface area contributed by atoms with Gasteiger partial charge in [0.15, 0.2) is 0 Å². The number of ether oxygens (including phenoxy) is 2. The van der Waals surface area contributed by atoms with Crippen molar-refractivity contribution >= 4 is 11.6 Å². The SMILES string of the molecule is COCCOc1c(-c2ccc(F)cc2Cl)c(C)nn1C. The molecule has 2 rings (SSSR count). The number of hydrogen-bond acceptors (Lipinski definition) is 3. The van der Waals surface area contributed by atoms with Crippen molar-refractivity contribution in [2.24, 2.45) is 7.05 Å². The average molecular weight is 299 g/mol. The minimum Gasteiger partial charge on any atom is -0.475 e. The molecule has 4 nitrogen and oxygen atoms in total. The molecule has 0 amide bonds. The van der Waals surface area contributed by atoms with Gasteiger partial charge in [0.05, 0.1) is 22.9 Å². The maximum absolute atomic E-state index is 13.2. The van der Waals surface area contributed by atoms with E-state index in [9.17, 15) is 4.39 Å². The van der Waals surface area contributed by atoms with Gasteiger partial charge in [-0.05, 0) is 25.1 Å². The molecule has 0 fully saturated rings. The lowest BCUT2D eigenvalue weighted by Crippen LogP contribution is -2.08. The Labute approximate surface area is 122 Å². The van der Waals surface area contributed by atoms with E-state index < -0.39 is 0 Å². The first-order valence-electron chi connectivity index (χ1n) is 6.15. The second-order valence-corrected chi connectivity index (χ2v) is 4.76. The monoisotopic (exact) mass is 298 g/mol. The largest absolute Gasteiger partial charge is 0.475 e. The molecule has 1 heterocycles. The van der Waals surface area contributed by atoms with Gasteiger partial charge >= 0.3 is 0 Å². The summed E-state index contributed by atoms with van der Waals surface area (Å²) in [5.41, 5.74) is 2.24. The molecule has 1 aromatic heterocycles. The third-order valence-corrected chi connectivity index (χ3v) is 3.21. The minimum atomic E-state index is -0.373. The fourth-order valence-electron chi connectivity index (χ4n) is 2.03. The van der Waals surface area contributed by atoms with Crippen LogP contribution in [0, 0.1) is 12.7 Å². The molecule has 0 aliphatic carbocycles. The summed E-state index contributed by atoms with van der Waals surface area (Å²) in [5.74, 6) is 0.218. The quantitative estimate of drug-likeness (QED) is 0.795. The maximum atomic E-state index is 13.2. The van der Waals surface area contributed by atoms with Gasteiger partial charge in [0.2, 0.25) is 5.88 Å². The van der Waals surface area contributed by atoms with Crippen LogP contribution in [0.5, 0.6) is 5.88 Å². The van der Waals surface area contributed by atoms with Crippen molar-refractivity contribution in [3.63, 3.8) is 0 Å². The molecular weight excluding hydrogens is 283 g/mol. The Morgan fingerprint density at radius 2 is 2.10 bits per heavy atom. The smallest absolute Gasteiger partial charge is 0.220 e. The van der Waals surface area contributed by atoms with E-state index in [0.717, 1.165) is 11.3 Å². The van der Waals surface area contributed by atoms with Gasteiger partial charge in [-0.3, -0.25) is 0 Å². The molecule has 0 aliphatic rings. The van der Waals surface area contributed by atoms with E-state index in [4.69, 9.17) is 21.1 Å². The summed E-state index contributed by atoms with van der Waals surface area (Å²) in [5, 5.41) is 4.66. The Kier molecular flexibility index (Phi) is 4.62. The number of benzene rings is 1. The summed E-state index contributed by atoms with van der Waals surface area (Å²) in [6.45, 7) is 2.74. The van der Waals surface area contributed by atoms with E-state index in [1.807, 2.05) is 6.92 Å². The Morgan fingerprint density at radius 3 is 2.75 bits per heavy atom.